The van der Waals surface area contributed by atoms with Gasteiger partial charge in [0.2, 0.25) is 0 Å². The zero-order valence-electron chi connectivity index (χ0n) is 9.09. The van der Waals surface area contributed by atoms with Gasteiger partial charge in [0, 0.05) is 0 Å². The Morgan fingerprint density at radius 3 is 2.73 bits per heavy atom. The maximum Gasteiger partial charge on any atom is 0.123 e. The van der Waals surface area contributed by atoms with E-state index in [-0.39, 0.29) is 5.41 Å². The van der Waals surface area contributed by atoms with Crippen molar-refractivity contribution < 1.29 is 5.11 Å². The van der Waals surface area contributed by atoms with Crippen molar-refractivity contribution in [3.8, 4) is 0 Å². The molecule has 1 fully saturated rings. The molecule has 1 heterocycles. The molecule has 15 heavy (non-hydrogen) atoms. The first-order valence-electron chi connectivity index (χ1n) is 5.25. The molecule has 0 aromatic carbocycles. The molecular weight excluding hydrogens is 274 g/mol. The SMILES string of the molecule is CC1(C)CCCC(O)(c2scnc2Br)C1. The van der Waals surface area contributed by atoms with Crippen LogP contribution in [0.3, 0.4) is 0 Å². The summed E-state index contributed by atoms with van der Waals surface area (Å²) in [5.41, 5.74) is 1.36. The fourth-order valence-corrected chi connectivity index (χ4v) is 4.25. The molecule has 1 atom stereocenters. The van der Waals surface area contributed by atoms with E-state index in [0.29, 0.717) is 0 Å². The number of rotatable bonds is 1. The largest absolute Gasteiger partial charge is 0.384 e. The fraction of sp³-hybridized carbons (Fsp3) is 0.727. The summed E-state index contributed by atoms with van der Waals surface area (Å²) in [6, 6.07) is 0. The summed E-state index contributed by atoms with van der Waals surface area (Å²) in [6.07, 6.45) is 3.98. The summed E-state index contributed by atoms with van der Waals surface area (Å²) in [4.78, 5) is 5.16. The van der Waals surface area contributed by atoms with Crippen molar-refractivity contribution in [3.05, 3.63) is 15.0 Å². The third kappa shape index (κ3) is 2.27. The highest BCUT2D eigenvalue weighted by molar-refractivity contribution is 9.10. The van der Waals surface area contributed by atoms with Crippen molar-refractivity contribution in [1.29, 1.82) is 0 Å². The molecule has 0 amide bonds. The van der Waals surface area contributed by atoms with E-state index < -0.39 is 5.60 Å². The van der Waals surface area contributed by atoms with Crippen LogP contribution in [0.4, 0.5) is 0 Å². The number of hydrogen-bond acceptors (Lipinski definition) is 3. The molecule has 0 aliphatic heterocycles. The zero-order valence-corrected chi connectivity index (χ0v) is 11.5. The van der Waals surface area contributed by atoms with Crippen LogP contribution in [0.2, 0.25) is 0 Å². The Kier molecular flexibility index (Phi) is 2.95. The van der Waals surface area contributed by atoms with E-state index in [2.05, 4.69) is 34.8 Å². The lowest BCUT2D eigenvalue weighted by molar-refractivity contribution is -0.0418. The van der Waals surface area contributed by atoms with Crippen molar-refractivity contribution >= 4 is 27.3 Å². The van der Waals surface area contributed by atoms with Gasteiger partial charge < -0.3 is 5.11 Å². The monoisotopic (exact) mass is 289 g/mol. The van der Waals surface area contributed by atoms with Crippen LogP contribution in [0, 0.1) is 5.41 Å². The number of hydrogen-bond donors (Lipinski definition) is 1. The number of aliphatic hydroxyl groups is 1. The van der Waals surface area contributed by atoms with Gasteiger partial charge in [-0.05, 0) is 47.0 Å². The molecule has 1 N–H and O–H groups in total. The minimum Gasteiger partial charge on any atom is -0.384 e. The first kappa shape index (κ1) is 11.6. The normalized spacial score (nSPS) is 30.4. The predicted molar refractivity (Wildman–Crippen MR) is 66.0 cm³/mol. The number of halogens is 1. The molecule has 1 aliphatic carbocycles. The molecule has 1 unspecified atom stereocenters. The Balaban J connectivity index is 2.31. The van der Waals surface area contributed by atoms with Crippen LogP contribution in [0.5, 0.6) is 0 Å². The minimum absolute atomic E-state index is 0.233. The fourth-order valence-electron chi connectivity index (χ4n) is 2.56. The van der Waals surface area contributed by atoms with Gasteiger partial charge in [-0.15, -0.1) is 11.3 Å². The third-order valence-corrected chi connectivity index (χ3v) is 5.05. The van der Waals surface area contributed by atoms with Gasteiger partial charge in [-0.2, -0.15) is 0 Å². The first-order chi connectivity index (χ1) is 6.93. The van der Waals surface area contributed by atoms with E-state index in [0.717, 1.165) is 28.7 Å². The maximum atomic E-state index is 10.7. The zero-order chi connectivity index (χ0) is 11.1. The van der Waals surface area contributed by atoms with Crippen molar-refractivity contribution in [2.75, 3.05) is 0 Å². The number of thiazole rings is 1. The van der Waals surface area contributed by atoms with Crippen molar-refractivity contribution in [2.45, 2.75) is 45.1 Å². The Morgan fingerprint density at radius 1 is 1.47 bits per heavy atom. The van der Waals surface area contributed by atoms with E-state index in [1.165, 1.54) is 6.42 Å². The van der Waals surface area contributed by atoms with Crippen LogP contribution in [0.25, 0.3) is 0 Å². The standard InChI is InChI=1S/C11H16BrNOS/c1-10(2)4-3-5-11(14,6-10)8-9(12)13-7-15-8/h7,14H,3-6H2,1-2H3. The molecule has 4 heteroatoms. The van der Waals surface area contributed by atoms with Gasteiger partial charge in [0.05, 0.1) is 10.4 Å². The van der Waals surface area contributed by atoms with Gasteiger partial charge >= 0.3 is 0 Å². The summed E-state index contributed by atoms with van der Waals surface area (Å²) in [6.45, 7) is 4.46. The van der Waals surface area contributed by atoms with Crippen molar-refractivity contribution in [1.82, 2.24) is 4.98 Å². The van der Waals surface area contributed by atoms with Crippen LogP contribution >= 0.6 is 27.3 Å². The topological polar surface area (TPSA) is 33.1 Å². The molecule has 0 bridgehead atoms. The predicted octanol–water partition coefficient (Wildman–Crippen LogP) is 3.69. The van der Waals surface area contributed by atoms with E-state index in [4.69, 9.17) is 0 Å². The summed E-state index contributed by atoms with van der Waals surface area (Å²) in [5, 5.41) is 10.7. The highest BCUT2D eigenvalue weighted by atomic mass is 79.9. The number of aromatic nitrogens is 1. The van der Waals surface area contributed by atoms with Gasteiger partial charge in [0.1, 0.15) is 10.2 Å². The average molecular weight is 290 g/mol. The summed E-state index contributed by atoms with van der Waals surface area (Å²) < 4.78 is 0.813. The molecule has 0 saturated heterocycles. The van der Waals surface area contributed by atoms with Gasteiger partial charge in [-0.3, -0.25) is 0 Å². The first-order valence-corrected chi connectivity index (χ1v) is 6.92. The highest BCUT2D eigenvalue weighted by Gasteiger charge is 2.41. The second-order valence-electron chi connectivity index (χ2n) is 5.20. The lowest BCUT2D eigenvalue weighted by Crippen LogP contribution is -2.36. The molecule has 84 valence electrons. The van der Waals surface area contributed by atoms with Crippen molar-refractivity contribution in [3.63, 3.8) is 0 Å². The summed E-state index contributed by atoms with van der Waals surface area (Å²) in [5.74, 6) is 0. The highest BCUT2D eigenvalue weighted by Crippen LogP contribution is 2.48. The molecule has 1 aliphatic rings. The summed E-state index contributed by atoms with van der Waals surface area (Å²) in [7, 11) is 0. The van der Waals surface area contributed by atoms with E-state index in [9.17, 15) is 5.11 Å². The Labute approximate surface area is 103 Å². The molecular formula is C11H16BrNOS. The van der Waals surface area contributed by atoms with Crippen LogP contribution in [-0.2, 0) is 5.60 Å². The second kappa shape index (κ2) is 3.82. The second-order valence-corrected chi connectivity index (χ2v) is 6.80. The van der Waals surface area contributed by atoms with E-state index in [1.807, 2.05) is 0 Å². The van der Waals surface area contributed by atoms with Gasteiger partial charge in [-0.1, -0.05) is 13.8 Å². The van der Waals surface area contributed by atoms with Crippen LogP contribution in [-0.4, -0.2) is 10.1 Å². The molecule has 0 radical (unpaired) electrons. The third-order valence-electron chi connectivity index (χ3n) is 3.16. The lowest BCUT2D eigenvalue weighted by atomic mass is 9.69. The van der Waals surface area contributed by atoms with Crippen LogP contribution in [0.1, 0.15) is 44.4 Å². The molecule has 2 rings (SSSR count). The Morgan fingerprint density at radius 2 is 2.20 bits per heavy atom. The van der Waals surface area contributed by atoms with Gasteiger partial charge in [0.15, 0.2) is 0 Å². The maximum absolute atomic E-state index is 10.7. The number of nitrogens with zero attached hydrogens (tertiary/aromatic N) is 1. The Hall–Kier alpha value is 0.0700. The smallest absolute Gasteiger partial charge is 0.123 e. The van der Waals surface area contributed by atoms with E-state index in [1.54, 1.807) is 16.8 Å². The molecule has 1 saturated carbocycles. The quantitative estimate of drug-likeness (QED) is 0.855. The molecule has 0 spiro atoms. The Bertz CT molecular complexity index is 363. The van der Waals surface area contributed by atoms with Crippen molar-refractivity contribution in [2.24, 2.45) is 5.41 Å². The average Bonchev–Trinajstić information content (AvgIpc) is 2.49. The molecule has 1 aromatic heterocycles. The molecule has 1 aromatic rings. The van der Waals surface area contributed by atoms with E-state index >= 15 is 0 Å². The minimum atomic E-state index is -0.665. The lowest BCUT2D eigenvalue weighted by Gasteiger charge is -2.41. The van der Waals surface area contributed by atoms with Gasteiger partial charge in [-0.25, -0.2) is 4.98 Å². The van der Waals surface area contributed by atoms with Gasteiger partial charge in [0.25, 0.3) is 0 Å². The molecule has 2 nitrogen and oxygen atoms in total. The van der Waals surface area contributed by atoms with Crippen LogP contribution in [0.15, 0.2) is 10.1 Å². The van der Waals surface area contributed by atoms with Crippen LogP contribution < -0.4 is 0 Å². The summed E-state index contributed by atoms with van der Waals surface area (Å²) >= 11 is 4.96.